The van der Waals surface area contributed by atoms with Crippen molar-refractivity contribution in [3.8, 4) is 5.69 Å². The van der Waals surface area contributed by atoms with Crippen molar-refractivity contribution in [3.05, 3.63) is 41.0 Å². The zero-order valence-corrected chi connectivity index (χ0v) is 14.0. The van der Waals surface area contributed by atoms with E-state index < -0.39 is 0 Å². The number of carbonyl (C=O) groups excluding carboxylic acids is 1. The topological polar surface area (TPSA) is 97.4 Å². The van der Waals surface area contributed by atoms with Crippen LogP contribution in [0.2, 0.25) is 0 Å². The number of benzene rings is 1. The van der Waals surface area contributed by atoms with Crippen LogP contribution >= 0.6 is 0 Å². The molecule has 132 valence electrons. The lowest BCUT2D eigenvalue weighted by Crippen LogP contribution is -2.48. The van der Waals surface area contributed by atoms with Crippen LogP contribution < -0.4 is 4.90 Å². The van der Waals surface area contributed by atoms with E-state index >= 15 is 0 Å². The Balaban J connectivity index is 1.79. The Morgan fingerprint density at radius 1 is 1.20 bits per heavy atom. The quantitative estimate of drug-likeness (QED) is 0.604. The highest BCUT2D eigenvalue weighted by Gasteiger charge is 2.25. The second-order valence-corrected chi connectivity index (χ2v) is 5.92. The van der Waals surface area contributed by atoms with Crippen molar-refractivity contribution in [2.75, 3.05) is 31.1 Å². The zero-order valence-electron chi connectivity index (χ0n) is 14.0. The molecule has 1 amide bonds. The van der Waals surface area contributed by atoms with Crippen molar-refractivity contribution in [1.82, 2.24) is 19.7 Å². The number of hydrogen-bond donors (Lipinski definition) is 0. The van der Waals surface area contributed by atoms with Crippen molar-refractivity contribution < 1.29 is 9.72 Å². The maximum absolute atomic E-state index is 12.0. The molecule has 1 saturated heterocycles. The molecule has 0 unspecified atom stereocenters. The van der Waals surface area contributed by atoms with E-state index in [1.807, 2.05) is 16.7 Å². The number of hydrogen-bond acceptors (Lipinski definition) is 6. The number of nitro benzene ring substituents is 1. The first-order valence-electron chi connectivity index (χ1n) is 8.26. The average Bonchev–Trinajstić information content (AvgIpc) is 3.16. The van der Waals surface area contributed by atoms with Crippen LogP contribution in [0.3, 0.4) is 0 Å². The lowest BCUT2D eigenvalue weighted by molar-refractivity contribution is -0.384. The molecule has 0 atom stereocenters. The third-order valence-electron chi connectivity index (χ3n) is 4.31. The van der Waals surface area contributed by atoms with E-state index in [-0.39, 0.29) is 16.5 Å². The molecule has 0 N–H and O–H groups in total. The lowest BCUT2D eigenvalue weighted by Gasteiger charge is -2.35. The summed E-state index contributed by atoms with van der Waals surface area (Å²) in [7, 11) is 0. The number of nitrogens with zero attached hydrogens (tertiary/aromatic N) is 6. The van der Waals surface area contributed by atoms with Crippen LogP contribution in [0.15, 0.2) is 30.9 Å². The van der Waals surface area contributed by atoms with Crippen molar-refractivity contribution in [1.29, 1.82) is 0 Å². The summed E-state index contributed by atoms with van der Waals surface area (Å²) in [6.07, 6.45) is 4.37. The van der Waals surface area contributed by atoms with Crippen LogP contribution in [0.4, 0.5) is 11.4 Å². The lowest BCUT2D eigenvalue weighted by atomic mass is 10.2. The Hall–Kier alpha value is -2.97. The van der Waals surface area contributed by atoms with Gasteiger partial charge in [0.1, 0.15) is 18.3 Å². The normalized spacial score (nSPS) is 14.6. The zero-order chi connectivity index (χ0) is 17.8. The molecule has 1 aliphatic heterocycles. The molecule has 0 bridgehead atoms. The SMILES string of the molecule is CCCC(=O)N1CCN(c2ccc(-n3cnnc3)cc2[N+](=O)[O-])CC1. The molecule has 3 rings (SSSR count). The van der Waals surface area contributed by atoms with Gasteiger partial charge >= 0.3 is 0 Å². The minimum atomic E-state index is -0.377. The van der Waals surface area contributed by atoms with Gasteiger partial charge in [0.25, 0.3) is 5.69 Å². The molecule has 0 saturated carbocycles. The molecule has 25 heavy (non-hydrogen) atoms. The van der Waals surface area contributed by atoms with Gasteiger partial charge in [-0.15, -0.1) is 10.2 Å². The molecule has 1 aromatic carbocycles. The van der Waals surface area contributed by atoms with E-state index in [0.717, 1.165) is 6.42 Å². The Bertz CT molecular complexity index is 753. The largest absolute Gasteiger partial charge is 0.362 e. The molecular formula is C16H20N6O3. The van der Waals surface area contributed by atoms with Gasteiger partial charge in [-0.3, -0.25) is 19.5 Å². The first-order valence-corrected chi connectivity index (χ1v) is 8.26. The first kappa shape index (κ1) is 16.9. The predicted molar refractivity (Wildman–Crippen MR) is 91.7 cm³/mol. The van der Waals surface area contributed by atoms with E-state index in [1.54, 1.807) is 16.7 Å². The molecular weight excluding hydrogens is 324 g/mol. The smallest absolute Gasteiger partial charge is 0.294 e. The van der Waals surface area contributed by atoms with E-state index in [0.29, 0.717) is 44.0 Å². The second-order valence-electron chi connectivity index (χ2n) is 5.92. The average molecular weight is 344 g/mol. The number of carbonyl (C=O) groups is 1. The molecule has 9 heteroatoms. The van der Waals surface area contributed by atoms with Gasteiger partial charge in [-0.1, -0.05) is 6.92 Å². The highest BCUT2D eigenvalue weighted by Crippen LogP contribution is 2.31. The van der Waals surface area contributed by atoms with Crippen LogP contribution in [0.1, 0.15) is 19.8 Å². The van der Waals surface area contributed by atoms with Crippen molar-refractivity contribution in [2.45, 2.75) is 19.8 Å². The number of anilines is 1. The summed E-state index contributed by atoms with van der Waals surface area (Å²) in [6.45, 7) is 4.33. The molecule has 0 spiro atoms. The molecule has 0 aliphatic carbocycles. The Labute approximate surface area is 145 Å². The minimum Gasteiger partial charge on any atom is -0.362 e. The van der Waals surface area contributed by atoms with Gasteiger partial charge in [-0.05, 0) is 18.6 Å². The van der Waals surface area contributed by atoms with Gasteiger partial charge in [0.15, 0.2) is 0 Å². The summed E-state index contributed by atoms with van der Waals surface area (Å²) in [5.74, 6) is 0.152. The number of nitro groups is 1. The summed E-state index contributed by atoms with van der Waals surface area (Å²) in [4.78, 5) is 26.9. The first-order chi connectivity index (χ1) is 12.1. The predicted octanol–water partition coefficient (Wildman–Crippen LogP) is 1.62. The van der Waals surface area contributed by atoms with E-state index in [9.17, 15) is 14.9 Å². The molecule has 1 fully saturated rings. The van der Waals surface area contributed by atoms with E-state index in [2.05, 4.69) is 10.2 Å². The third-order valence-corrected chi connectivity index (χ3v) is 4.31. The summed E-state index contributed by atoms with van der Waals surface area (Å²) < 4.78 is 1.62. The monoisotopic (exact) mass is 344 g/mol. The summed E-state index contributed by atoms with van der Waals surface area (Å²) in [5, 5.41) is 19.0. The fourth-order valence-electron chi connectivity index (χ4n) is 2.99. The Morgan fingerprint density at radius 2 is 1.88 bits per heavy atom. The maximum Gasteiger partial charge on any atom is 0.294 e. The number of amides is 1. The minimum absolute atomic E-state index is 0.0412. The standard InChI is InChI=1S/C16H20N6O3/c1-2-3-16(23)20-8-6-19(7-9-20)14-5-4-13(10-15(14)22(24)25)21-11-17-18-12-21/h4-5,10-12H,2-3,6-9H2,1H3. The number of aromatic nitrogens is 3. The van der Waals surface area contributed by atoms with Crippen LogP contribution in [0, 0.1) is 10.1 Å². The maximum atomic E-state index is 12.0. The van der Waals surface area contributed by atoms with Crippen LogP contribution in [0.25, 0.3) is 5.69 Å². The molecule has 2 heterocycles. The van der Waals surface area contributed by atoms with Crippen LogP contribution in [-0.2, 0) is 4.79 Å². The van der Waals surface area contributed by atoms with Gasteiger partial charge in [0.05, 0.1) is 10.6 Å². The second kappa shape index (κ2) is 7.29. The Morgan fingerprint density at radius 3 is 2.48 bits per heavy atom. The van der Waals surface area contributed by atoms with Crippen LogP contribution in [-0.4, -0.2) is 56.7 Å². The van der Waals surface area contributed by atoms with Crippen LogP contribution in [0.5, 0.6) is 0 Å². The summed E-state index contributed by atoms with van der Waals surface area (Å²) >= 11 is 0. The molecule has 1 aromatic heterocycles. The van der Waals surface area contributed by atoms with Gasteiger partial charge < -0.3 is 9.80 Å². The van der Waals surface area contributed by atoms with Crippen molar-refractivity contribution in [3.63, 3.8) is 0 Å². The fourth-order valence-corrected chi connectivity index (χ4v) is 2.99. The summed E-state index contributed by atoms with van der Waals surface area (Å²) in [5.41, 5.74) is 1.25. The van der Waals surface area contributed by atoms with Crippen molar-refractivity contribution >= 4 is 17.3 Å². The molecule has 0 radical (unpaired) electrons. The fraction of sp³-hybridized carbons (Fsp3) is 0.438. The van der Waals surface area contributed by atoms with E-state index in [1.165, 1.54) is 18.7 Å². The summed E-state index contributed by atoms with van der Waals surface area (Å²) in [6, 6.07) is 5.07. The molecule has 2 aromatic rings. The van der Waals surface area contributed by atoms with Gasteiger partial charge in [0, 0.05) is 38.7 Å². The van der Waals surface area contributed by atoms with Crippen molar-refractivity contribution in [2.24, 2.45) is 0 Å². The molecule has 9 nitrogen and oxygen atoms in total. The third kappa shape index (κ3) is 3.59. The Kier molecular flexibility index (Phi) is 4.92. The number of rotatable bonds is 5. The molecule has 1 aliphatic rings. The highest BCUT2D eigenvalue weighted by molar-refractivity contribution is 5.76. The van der Waals surface area contributed by atoms with E-state index in [4.69, 9.17) is 0 Å². The number of piperazine rings is 1. The van der Waals surface area contributed by atoms with Gasteiger partial charge in [-0.2, -0.15) is 0 Å². The van der Waals surface area contributed by atoms with Gasteiger partial charge in [-0.25, -0.2) is 0 Å². The highest BCUT2D eigenvalue weighted by atomic mass is 16.6. The van der Waals surface area contributed by atoms with Gasteiger partial charge in [0.2, 0.25) is 5.91 Å².